The van der Waals surface area contributed by atoms with Gasteiger partial charge in [-0.1, -0.05) is 6.07 Å². The molecule has 0 aliphatic carbocycles. The number of rotatable bonds is 2. The molecule has 1 fully saturated rings. The van der Waals surface area contributed by atoms with E-state index < -0.39 is 0 Å². The van der Waals surface area contributed by atoms with Crippen LogP contribution in [0.2, 0.25) is 0 Å². The first-order valence-electron chi connectivity index (χ1n) is 4.14. The molecule has 0 radical (unpaired) electrons. The van der Waals surface area contributed by atoms with Gasteiger partial charge in [0, 0.05) is 17.8 Å². The number of hydrogen-bond donors (Lipinski definition) is 1. The second kappa shape index (κ2) is 3.11. The molecule has 64 valence electrons. The number of hydrogen-bond acceptors (Lipinski definition) is 3. The zero-order chi connectivity index (χ0) is 8.39. The van der Waals surface area contributed by atoms with Crippen molar-refractivity contribution in [1.29, 1.82) is 0 Å². The lowest BCUT2D eigenvalue weighted by Gasteiger charge is -2.28. The first-order valence-corrected chi connectivity index (χ1v) is 4.14. The molecule has 3 nitrogen and oxygen atoms in total. The highest BCUT2D eigenvalue weighted by Crippen LogP contribution is 2.28. The van der Waals surface area contributed by atoms with Gasteiger partial charge in [-0.25, -0.2) is 4.98 Å². The summed E-state index contributed by atoms with van der Waals surface area (Å²) >= 11 is 0. The molecule has 1 aromatic rings. The summed E-state index contributed by atoms with van der Waals surface area (Å²) in [6.45, 7) is 1.10. The standard InChI is InChI=1S/C9H12N2O/c1-12-9-7(3-2-5-11-9)8-4-6-10-8/h2-3,5,8,10H,4,6H2,1H3. The minimum Gasteiger partial charge on any atom is -0.481 e. The van der Waals surface area contributed by atoms with Crippen molar-refractivity contribution in [3.05, 3.63) is 23.9 Å². The van der Waals surface area contributed by atoms with Gasteiger partial charge in [-0.05, 0) is 19.0 Å². The van der Waals surface area contributed by atoms with Crippen LogP contribution < -0.4 is 10.1 Å². The van der Waals surface area contributed by atoms with Crippen LogP contribution in [0, 0.1) is 0 Å². The molecule has 1 N–H and O–H groups in total. The zero-order valence-corrected chi connectivity index (χ0v) is 7.08. The summed E-state index contributed by atoms with van der Waals surface area (Å²) in [6.07, 6.45) is 2.93. The number of ether oxygens (including phenoxy) is 1. The Morgan fingerprint density at radius 1 is 1.67 bits per heavy atom. The van der Waals surface area contributed by atoms with E-state index in [1.807, 2.05) is 6.07 Å². The minimum atomic E-state index is 0.452. The summed E-state index contributed by atoms with van der Waals surface area (Å²) in [7, 11) is 1.66. The lowest BCUT2D eigenvalue weighted by molar-refractivity contribution is 0.344. The lowest BCUT2D eigenvalue weighted by Crippen LogP contribution is -2.35. The van der Waals surface area contributed by atoms with Crippen LogP contribution in [0.25, 0.3) is 0 Å². The Morgan fingerprint density at radius 3 is 3.08 bits per heavy atom. The van der Waals surface area contributed by atoms with Crippen molar-refractivity contribution in [3.8, 4) is 5.88 Å². The molecule has 3 heteroatoms. The van der Waals surface area contributed by atoms with Crippen LogP contribution in [0.1, 0.15) is 18.0 Å². The molecule has 1 aliphatic rings. The number of pyridine rings is 1. The van der Waals surface area contributed by atoms with Gasteiger partial charge >= 0.3 is 0 Å². The van der Waals surface area contributed by atoms with E-state index in [-0.39, 0.29) is 0 Å². The van der Waals surface area contributed by atoms with Gasteiger partial charge in [-0.3, -0.25) is 0 Å². The van der Waals surface area contributed by atoms with Crippen LogP contribution in [-0.2, 0) is 0 Å². The summed E-state index contributed by atoms with van der Waals surface area (Å²) in [6, 6.07) is 4.45. The van der Waals surface area contributed by atoms with Crippen molar-refractivity contribution < 1.29 is 4.74 Å². The van der Waals surface area contributed by atoms with Crippen LogP contribution in [0.15, 0.2) is 18.3 Å². The highest BCUT2D eigenvalue weighted by Gasteiger charge is 2.21. The second-order valence-corrected chi connectivity index (χ2v) is 2.90. The van der Waals surface area contributed by atoms with Crippen molar-refractivity contribution in [3.63, 3.8) is 0 Å². The third kappa shape index (κ3) is 1.16. The molecule has 1 unspecified atom stereocenters. The van der Waals surface area contributed by atoms with Gasteiger partial charge in [0.15, 0.2) is 0 Å². The smallest absolute Gasteiger partial charge is 0.217 e. The average Bonchev–Trinajstić information content (AvgIpc) is 2.02. The predicted octanol–water partition coefficient (Wildman–Crippen LogP) is 1.12. The molecular weight excluding hydrogens is 152 g/mol. The molecule has 0 spiro atoms. The summed E-state index contributed by atoms with van der Waals surface area (Å²) < 4.78 is 5.15. The maximum absolute atomic E-state index is 5.15. The van der Waals surface area contributed by atoms with E-state index in [0.29, 0.717) is 6.04 Å². The highest BCUT2D eigenvalue weighted by atomic mass is 16.5. The molecule has 1 saturated heterocycles. The maximum Gasteiger partial charge on any atom is 0.217 e. The van der Waals surface area contributed by atoms with E-state index in [4.69, 9.17) is 4.74 Å². The second-order valence-electron chi connectivity index (χ2n) is 2.90. The van der Waals surface area contributed by atoms with Crippen LogP contribution >= 0.6 is 0 Å². The molecule has 0 bridgehead atoms. The van der Waals surface area contributed by atoms with Gasteiger partial charge in [-0.15, -0.1) is 0 Å². The van der Waals surface area contributed by atoms with E-state index in [1.54, 1.807) is 13.3 Å². The third-order valence-corrected chi connectivity index (χ3v) is 2.19. The van der Waals surface area contributed by atoms with Crippen molar-refractivity contribution in [1.82, 2.24) is 10.3 Å². The Labute approximate surface area is 71.8 Å². The van der Waals surface area contributed by atoms with Crippen molar-refractivity contribution in [2.75, 3.05) is 13.7 Å². The SMILES string of the molecule is COc1ncccc1C1CCN1. The lowest BCUT2D eigenvalue weighted by atomic mass is 9.99. The molecule has 12 heavy (non-hydrogen) atoms. The highest BCUT2D eigenvalue weighted by molar-refractivity contribution is 5.30. The monoisotopic (exact) mass is 164 g/mol. The predicted molar refractivity (Wildman–Crippen MR) is 46.1 cm³/mol. The normalized spacial score (nSPS) is 21.6. The van der Waals surface area contributed by atoms with E-state index >= 15 is 0 Å². The Bertz CT molecular complexity index is 271. The Hall–Kier alpha value is -1.09. The zero-order valence-electron chi connectivity index (χ0n) is 7.08. The van der Waals surface area contributed by atoms with Gasteiger partial charge in [0.2, 0.25) is 5.88 Å². The van der Waals surface area contributed by atoms with Crippen LogP contribution in [0.4, 0.5) is 0 Å². The molecule has 1 atom stereocenters. The largest absolute Gasteiger partial charge is 0.481 e. The summed E-state index contributed by atoms with van der Waals surface area (Å²) in [4.78, 5) is 4.14. The molecule has 0 aromatic carbocycles. The van der Waals surface area contributed by atoms with E-state index in [9.17, 15) is 0 Å². The van der Waals surface area contributed by atoms with E-state index in [0.717, 1.165) is 12.4 Å². The molecule has 1 aromatic heterocycles. The first kappa shape index (κ1) is 7.55. The first-order chi connectivity index (χ1) is 5.92. The van der Waals surface area contributed by atoms with Gasteiger partial charge in [0.1, 0.15) is 0 Å². The molecule has 0 amide bonds. The van der Waals surface area contributed by atoms with Crippen LogP contribution in [0.5, 0.6) is 5.88 Å². The number of aromatic nitrogens is 1. The molecule has 0 saturated carbocycles. The summed E-state index contributed by atoms with van der Waals surface area (Å²) in [5.74, 6) is 0.745. The van der Waals surface area contributed by atoms with E-state index in [2.05, 4.69) is 16.4 Å². The van der Waals surface area contributed by atoms with Crippen molar-refractivity contribution in [2.45, 2.75) is 12.5 Å². The topological polar surface area (TPSA) is 34.1 Å². The molecule has 2 rings (SSSR count). The van der Waals surface area contributed by atoms with Crippen LogP contribution in [-0.4, -0.2) is 18.6 Å². The van der Waals surface area contributed by atoms with Crippen molar-refractivity contribution >= 4 is 0 Å². The van der Waals surface area contributed by atoms with Gasteiger partial charge in [0.25, 0.3) is 0 Å². The Balaban J connectivity index is 2.27. The fraction of sp³-hybridized carbons (Fsp3) is 0.444. The Kier molecular flexibility index (Phi) is 1.96. The quantitative estimate of drug-likeness (QED) is 0.711. The molecular formula is C9H12N2O. The van der Waals surface area contributed by atoms with Crippen molar-refractivity contribution in [2.24, 2.45) is 0 Å². The molecule has 2 heterocycles. The fourth-order valence-electron chi connectivity index (χ4n) is 1.39. The van der Waals surface area contributed by atoms with Gasteiger partial charge in [-0.2, -0.15) is 0 Å². The number of methoxy groups -OCH3 is 1. The maximum atomic E-state index is 5.15. The summed E-state index contributed by atoms with van der Waals surface area (Å²) in [5.41, 5.74) is 1.17. The minimum absolute atomic E-state index is 0.452. The summed E-state index contributed by atoms with van der Waals surface area (Å²) in [5, 5.41) is 3.32. The van der Waals surface area contributed by atoms with Gasteiger partial charge < -0.3 is 10.1 Å². The fourth-order valence-corrected chi connectivity index (χ4v) is 1.39. The third-order valence-electron chi connectivity index (χ3n) is 2.19. The number of nitrogens with zero attached hydrogens (tertiary/aromatic N) is 1. The van der Waals surface area contributed by atoms with Gasteiger partial charge in [0.05, 0.1) is 7.11 Å². The Morgan fingerprint density at radius 2 is 2.50 bits per heavy atom. The van der Waals surface area contributed by atoms with E-state index in [1.165, 1.54) is 12.0 Å². The number of nitrogens with one attached hydrogen (secondary N) is 1. The van der Waals surface area contributed by atoms with Crippen LogP contribution in [0.3, 0.4) is 0 Å². The molecule has 1 aliphatic heterocycles. The average molecular weight is 164 g/mol.